The predicted molar refractivity (Wildman–Crippen MR) is 91.2 cm³/mol. The van der Waals surface area contributed by atoms with E-state index in [-0.39, 0.29) is 43.7 Å². The second-order valence-corrected chi connectivity index (χ2v) is 7.84. The van der Waals surface area contributed by atoms with Crippen LogP contribution in [0.3, 0.4) is 0 Å². The Kier molecular flexibility index (Phi) is 5.41. The van der Waals surface area contributed by atoms with E-state index in [1.807, 2.05) is 0 Å². The van der Waals surface area contributed by atoms with E-state index in [2.05, 4.69) is 15.0 Å². The smallest absolute Gasteiger partial charge is 0.251 e. The normalized spacial score (nSPS) is 27.2. The van der Waals surface area contributed by atoms with Gasteiger partial charge in [-0.1, -0.05) is 5.16 Å². The molecule has 0 spiro atoms. The van der Waals surface area contributed by atoms with E-state index in [0.717, 1.165) is 39.0 Å². The molecule has 0 aromatic carbocycles. The van der Waals surface area contributed by atoms with Crippen LogP contribution >= 0.6 is 0 Å². The number of nitrogens with zero attached hydrogens (tertiary/aromatic N) is 4. The number of carbonyl (C=O) groups excluding carboxylic acids is 1. The Labute approximate surface area is 157 Å². The molecule has 1 aromatic rings. The lowest BCUT2D eigenvalue weighted by atomic mass is 10.0. The molecule has 1 aromatic heterocycles. The molecular weight excluding hydrogens is 358 g/mol. The Bertz CT molecular complexity index is 653. The van der Waals surface area contributed by atoms with Crippen LogP contribution < -0.4 is 0 Å². The molecule has 3 fully saturated rings. The molecular formula is C18H26F2N4O3. The van der Waals surface area contributed by atoms with Crippen molar-refractivity contribution < 1.29 is 22.8 Å². The molecule has 0 saturated carbocycles. The molecule has 0 bridgehead atoms. The third-order valence-corrected chi connectivity index (χ3v) is 5.85. The van der Waals surface area contributed by atoms with E-state index in [0.29, 0.717) is 24.8 Å². The lowest BCUT2D eigenvalue weighted by molar-refractivity contribution is -0.141. The van der Waals surface area contributed by atoms with Gasteiger partial charge in [-0.15, -0.1) is 0 Å². The van der Waals surface area contributed by atoms with Crippen molar-refractivity contribution in [3.8, 4) is 0 Å². The highest BCUT2D eigenvalue weighted by Crippen LogP contribution is 2.30. The lowest BCUT2D eigenvalue weighted by Crippen LogP contribution is -2.45. The number of aromatic nitrogens is 2. The summed E-state index contributed by atoms with van der Waals surface area (Å²) in [6.07, 6.45) is 2.09. The topological polar surface area (TPSA) is 71.7 Å². The third-order valence-electron chi connectivity index (χ3n) is 5.85. The van der Waals surface area contributed by atoms with Crippen molar-refractivity contribution in [2.75, 3.05) is 39.4 Å². The molecule has 1 unspecified atom stereocenters. The zero-order chi connectivity index (χ0) is 18.9. The molecule has 3 aliphatic rings. The predicted octanol–water partition coefficient (Wildman–Crippen LogP) is 2.04. The van der Waals surface area contributed by atoms with Gasteiger partial charge in [0.15, 0.2) is 5.82 Å². The van der Waals surface area contributed by atoms with Crippen LogP contribution in [0.25, 0.3) is 0 Å². The molecule has 0 radical (unpaired) electrons. The number of hydrogen-bond donors (Lipinski definition) is 0. The van der Waals surface area contributed by atoms with Crippen LogP contribution in [0.2, 0.25) is 0 Å². The third kappa shape index (κ3) is 4.45. The second kappa shape index (κ2) is 7.79. The Balaban J connectivity index is 1.27. The average molecular weight is 384 g/mol. The molecule has 9 heteroatoms. The fourth-order valence-corrected chi connectivity index (χ4v) is 4.13. The molecule has 1 amide bonds. The van der Waals surface area contributed by atoms with Crippen molar-refractivity contribution in [1.29, 1.82) is 0 Å². The van der Waals surface area contributed by atoms with Crippen molar-refractivity contribution >= 4 is 5.91 Å². The summed E-state index contributed by atoms with van der Waals surface area (Å²) in [5.74, 6) is -1.16. The first-order valence-electron chi connectivity index (χ1n) is 9.79. The lowest BCUT2D eigenvalue weighted by Gasteiger charge is -2.33. The van der Waals surface area contributed by atoms with Gasteiger partial charge in [0, 0.05) is 51.6 Å². The van der Waals surface area contributed by atoms with Crippen LogP contribution in [-0.4, -0.2) is 71.2 Å². The largest absolute Gasteiger partial charge is 0.381 e. The van der Waals surface area contributed by atoms with Gasteiger partial charge in [0.25, 0.3) is 5.92 Å². The van der Waals surface area contributed by atoms with E-state index in [1.165, 1.54) is 0 Å². The highest BCUT2D eigenvalue weighted by Gasteiger charge is 2.39. The van der Waals surface area contributed by atoms with Crippen LogP contribution in [0.4, 0.5) is 8.78 Å². The number of piperidine rings is 1. The van der Waals surface area contributed by atoms with Crippen molar-refractivity contribution in [3.05, 3.63) is 11.7 Å². The maximum absolute atomic E-state index is 13.3. The average Bonchev–Trinajstić information content (AvgIpc) is 3.32. The van der Waals surface area contributed by atoms with E-state index in [9.17, 15) is 13.6 Å². The van der Waals surface area contributed by atoms with Gasteiger partial charge in [-0.05, 0) is 25.8 Å². The van der Waals surface area contributed by atoms with Crippen molar-refractivity contribution in [2.45, 2.75) is 50.5 Å². The summed E-state index contributed by atoms with van der Waals surface area (Å²) >= 11 is 0. The monoisotopic (exact) mass is 384 g/mol. The quantitative estimate of drug-likeness (QED) is 0.791. The minimum Gasteiger partial charge on any atom is -0.381 e. The molecule has 7 nitrogen and oxygen atoms in total. The fraction of sp³-hybridized carbons (Fsp3) is 0.833. The molecule has 3 saturated heterocycles. The van der Waals surface area contributed by atoms with Gasteiger partial charge in [-0.3, -0.25) is 9.69 Å². The van der Waals surface area contributed by atoms with Crippen LogP contribution in [0.15, 0.2) is 4.52 Å². The molecule has 1 atom stereocenters. The van der Waals surface area contributed by atoms with E-state index in [1.54, 1.807) is 4.90 Å². The number of halogens is 2. The van der Waals surface area contributed by atoms with Crippen LogP contribution in [0.1, 0.15) is 49.7 Å². The zero-order valence-corrected chi connectivity index (χ0v) is 15.4. The van der Waals surface area contributed by atoms with Gasteiger partial charge in [0.05, 0.1) is 12.5 Å². The van der Waals surface area contributed by atoms with Crippen molar-refractivity contribution in [2.24, 2.45) is 5.92 Å². The van der Waals surface area contributed by atoms with Gasteiger partial charge >= 0.3 is 0 Å². The summed E-state index contributed by atoms with van der Waals surface area (Å²) in [4.78, 5) is 20.9. The molecule has 0 aliphatic carbocycles. The summed E-state index contributed by atoms with van der Waals surface area (Å²) < 4.78 is 37.3. The first-order chi connectivity index (χ1) is 13.0. The highest BCUT2D eigenvalue weighted by molar-refractivity contribution is 5.79. The molecule has 150 valence electrons. The summed E-state index contributed by atoms with van der Waals surface area (Å²) in [7, 11) is 0. The second-order valence-electron chi connectivity index (χ2n) is 7.84. The summed E-state index contributed by atoms with van der Waals surface area (Å²) in [5.41, 5.74) is 0. The van der Waals surface area contributed by atoms with Gasteiger partial charge in [0.1, 0.15) is 0 Å². The first kappa shape index (κ1) is 18.7. The van der Waals surface area contributed by atoms with Crippen molar-refractivity contribution in [3.63, 3.8) is 0 Å². The van der Waals surface area contributed by atoms with E-state index in [4.69, 9.17) is 9.26 Å². The minimum absolute atomic E-state index is 0.00371. The summed E-state index contributed by atoms with van der Waals surface area (Å²) in [6, 6.07) is 0. The number of amides is 1. The van der Waals surface area contributed by atoms with Crippen LogP contribution in [0.5, 0.6) is 0 Å². The Hall–Kier alpha value is -1.61. The highest BCUT2D eigenvalue weighted by atomic mass is 19.3. The molecule has 3 aliphatic heterocycles. The SMILES string of the molecule is O=C(C1CCN(Cc2noc(C3CCOCC3)n2)C1)N1CCC(F)(F)CC1. The Morgan fingerprint density at radius 3 is 2.63 bits per heavy atom. The number of likely N-dealkylation sites (tertiary alicyclic amines) is 2. The Morgan fingerprint density at radius 2 is 1.89 bits per heavy atom. The number of ether oxygens (including phenoxy) is 1. The summed E-state index contributed by atoms with van der Waals surface area (Å²) in [5, 5.41) is 4.08. The van der Waals surface area contributed by atoms with Crippen LogP contribution in [-0.2, 0) is 16.1 Å². The molecule has 4 rings (SSSR count). The maximum atomic E-state index is 13.3. The summed E-state index contributed by atoms with van der Waals surface area (Å²) in [6.45, 7) is 3.70. The van der Waals surface area contributed by atoms with Gasteiger partial charge < -0.3 is 14.2 Å². The molecule has 4 heterocycles. The fourth-order valence-electron chi connectivity index (χ4n) is 4.13. The van der Waals surface area contributed by atoms with E-state index < -0.39 is 5.92 Å². The van der Waals surface area contributed by atoms with Gasteiger partial charge in [-0.2, -0.15) is 4.98 Å². The standard InChI is InChI=1S/C18H26F2N4O3/c19-18(20)4-7-24(8-5-18)17(25)14-1-6-23(11-14)12-15-21-16(27-22-15)13-2-9-26-10-3-13/h13-14H,1-12H2. The van der Waals surface area contributed by atoms with Gasteiger partial charge in [-0.25, -0.2) is 8.78 Å². The number of hydrogen-bond acceptors (Lipinski definition) is 6. The number of rotatable bonds is 4. The number of alkyl halides is 2. The molecule has 0 N–H and O–H groups in total. The Morgan fingerprint density at radius 1 is 1.15 bits per heavy atom. The van der Waals surface area contributed by atoms with Crippen LogP contribution in [0, 0.1) is 5.92 Å². The molecule has 27 heavy (non-hydrogen) atoms. The minimum atomic E-state index is -2.63. The first-order valence-corrected chi connectivity index (χ1v) is 9.79. The van der Waals surface area contributed by atoms with E-state index >= 15 is 0 Å². The van der Waals surface area contributed by atoms with Crippen molar-refractivity contribution in [1.82, 2.24) is 19.9 Å². The van der Waals surface area contributed by atoms with Gasteiger partial charge in [0.2, 0.25) is 11.8 Å². The number of carbonyl (C=O) groups is 1. The zero-order valence-electron chi connectivity index (χ0n) is 15.4. The maximum Gasteiger partial charge on any atom is 0.251 e.